The molecule has 1 fully saturated rings. The van der Waals surface area contributed by atoms with Gasteiger partial charge in [-0.3, -0.25) is 4.79 Å². The van der Waals surface area contributed by atoms with Crippen LogP contribution in [0.15, 0.2) is 0 Å². The van der Waals surface area contributed by atoms with Crippen LogP contribution in [0.25, 0.3) is 0 Å². The van der Waals surface area contributed by atoms with Crippen LogP contribution in [0.2, 0.25) is 0 Å². The molecule has 1 aliphatic heterocycles. The molecule has 0 aromatic carbocycles. The topological polar surface area (TPSA) is 46.3 Å². The van der Waals surface area contributed by atoms with Crippen LogP contribution in [-0.2, 0) is 4.79 Å². The Morgan fingerprint density at radius 1 is 1.43 bits per heavy atom. The summed E-state index contributed by atoms with van der Waals surface area (Å²) in [4.78, 5) is 13.9. The van der Waals surface area contributed by atoms with Crippen molar-refractivity contribution in [2.75, 3.05) is 13.1 Å². The molecular weight excluding hydrogens is 176 g/mol. The van der Waals surface area contributed by atoms with Gasteiger partial charge in [-0.25, -0.2) is 0 Å². The van der Waals surface area contributed by atoms with Crippen molar-refractivity contribution in [2.24, 2.45) is 17.6 Å². The smallest absolute Gasteiger partial charge is 0.225 e. The van der Waals surface area contributed by atoms with E-state index < -0.39 is 0 Å². The summed E-state index contributed by atoms with van der Waals surface area (Å²) in [6, 6.07) is 0.174. The molecule has 0 aliphatic carbocycles. The average Bonchev–Trinajstić information content (AvgIpc) is 2.49. The van der Waals surface area contributed by atoms with Gasteiger partial charge in [-0.2, -0.15) is 0 Å². The van der Waals surface area contributed by atoms with Crippen molar-refractivity contribution >= 4 is 5.91 Å². The van der Waals surface area contributed by atoms with E-state index in [0.717, 1.165) is 25.9 Å². The van der Waals surface area contributed by atoms with Crippen molar-refractivity contribution < 1.29 is 4.79 Å². The maximum absolute atomic E-state index is 12.0. The van der Waals surface area contributed by atoms with E-state index in [1.54, 1.807) is 0 Å². The van der Waals surface area contributed by atoms with Gasteiger partial charge in [0.1, 0.15) is 0 Å². The summed E-state index contributed by atoms with van der Waals surface area (Å²) in [7, 11) is 0. The van der Waals surface area contributed by atoms with Crippen LogP contribution in [0, 0.1) is 11.8 Å². The molecule has 0 saturated carbocycles. The fraction of sp³-hybridized carbons (Fsp3) is 0.909. The minimum atomic E-state index is 0.174. The number of likely N-dealkylation sites (tertiary alicyclic amines) is 1. The first-order valence-electron chi connectivity index (χ1n) is 5.64. The Hall–Kier alpha value is -0.570. The number of nitrogens with two attached hydrogens (primary N) is 1. The van der Waals surface area contributed by atoms with Crippen LogP contribution in [0.1, 0.15) is 33.6 Å². The highest BCUT2D eigenvalue weighted by molar-refractivity contribution is 5.79. The average molecular weight is 198 g/mol. The largest absolute Gasteiger partial charge is 0.341 e. The Bertz CT molecular complexity index is 191. The Balaban J connectivity index is 2.54. The molecule has 3 heteroatoms. The highest BCUT2D eigenvalue weighted by Gasteiger charge is 2.31. The number of carbonyl (C=O) groups is 1. The van der Waals surface area contributed by atoms with E-state index in [2.05, 4.69) is 20.8 Å². The lowest BCUT2D eigenvalue weighted by Gasteiger charge is -2.21. The molecular formula is C11H22N2O. The Labute approximate surface area is 86.6 Å². The second-order valence-corrected chi connectivity index (χ2v) is 4.40. The zero-order valence-corrected chi connectivity index (χ0v) is 9.49. The molecule has 82 valence electrons. The number of carbonyl (C=O) groups excluding carboxylic acids is 1. The van der Waals surface area contributed by atoms with Gasteiger partial charge in [-0.15, -0.1) is 0 Å². The van der Waals surface area contributed by atoms with E-state index in [9.17, 15) is 4.79 Å². The summed E-state index contributed by atoms with van der Waals surface area (Å²) >= 11 is 0. The molecule has 14 heavy (non-hydrogen) atoms. The van der Waals surface area contributed by atoms with Gasteiger partial charge in [-0.1, -0.05) is 20.8 Å². The van der Waals surface area contributed by atoms with Gasteiger partial charge in [0.05, 0.1) is 0 Å². The van der Waals surface area contributed by atoms with Crippen molar-refractivity contribution in [1.29, 1.82) is 0 Å². The minimum Gasteiger partial charge on any atom is -0.341 e. The zero-order valence-electron chi connectivity index (χ0n) is 9.49. The molecule has 1 amide bonds. The lowest BCUT2D eigenvalue weighted by atomic mass is 10.0. The normalized spacial score (nSPS) is 27.4. The monoisotopic (exact) mass is 198 g/mol. The second kappa shape index (κ2) is 4.78. The van der Waals surface area contributed by atoms with Crippen LogP contribution < -0.4 is 5.73 Å². The van der Waals surface area contributed by atoms with Crippen LogP contribution in [-0.4, -0.2) is 29.9 Å². The highest BCUT2D eigenvalue weighted by atomic mass is 16.2. The lowest BCUT2D eigenvalue weighted by Crippen LogP contribution is -2.36. The predicted molar refractivity (Wildman–Crippen MR) is 57.8 cm³/mol. The maximum atomic E-state index is 12.0. The summed E-state index contributed by atoms with van der Waals surface area (Å²) in [6.45, 7) is 7.86. The van der Waals surface area contributed by atoms with E-state index in [4.69, 9.17) is 5.73 Å². The van der Waals surface area contributed by atoms with Gasteiger partial charge in [0.2, 0.25) is 5.91 Å². The lowest BCUT2D eigenvalue weighted by molar-refractivity contribution is -0.134. The Kier molecular flexibility index (Phi) is 3.93. The van der Waals surface area contributed by atoms with E-state index >= 15 is 0 Å². The Morgan fingerprint density at radius 2 is 2.00 bits per heavy atom. The molecule has 1 aliphatic rings. The fourth-order valence-corrected chi connectivity index (χ4v) is 2.07. The SMILES string of the molecule is CCC(CC)C(=O)N1CC(C)C(N)C1. The summed E-state index contributed by atoms with van der Waals surface area (Å²) in [5, 5.41) is 0. The van der Waals surface area contributed by atoms with E-state index in [1.165, 1.54) is 0 Å². The summed E-state index contributed by atoms with van der Waals surface area (Å²) in [6.07, 6.45) is 1.88. The number of hydrogen-bond acceptors (Lipinski definition) is 2. The molecule has 1 heterocycles. The van der Waals surface area contributed by atoms with Crippen LogP contribution in [0.5, 0.6) is 0 Å². The van der Waals surface area contributed by atoms with Crippen molar-refractivity contribution in [3.8, 4) is 0 Å². The third-order valence-corrected chi connectivity index (χ3v) is 3.32. The van der Waals surface area contributed by atoms with Crippen molar-refractivity contribution in [2.45, 2.75) is 39.7 Å². The number of amides is 1. The van der Waals surface area contributed by atoms with Crippen LogP contribution >= 0.6 is 0 Å². The van der Waals surface area contributed by atoms with Gasteiger partial charge >= 0.3 is 0 Å². The molecule has 0 spiro atoms. The van der Waals surface area contributed by atoms with Crippen molar-refractivity contribution in [3.63, 3.8) is 0 Å². The molecule has 1 rings (SSSR count). The molecule has 3 nitrogen and oxygen atoms in total. The predicted octanol–water partition coefficient (Wildman–Crippen LogP) is 1.23. The van der Waals surface area contributed by atoms with Gasteiger partial charge in [0.15, 0.2) is 0 Å². The molecule has 2 atom stereocenters. The van der Waals surface area contributed by atoms with Gasteiger partial charge in [0, 0.05) is 25.0 Å². The molecule has 1 saturated heterocycles. The number of rotatable bonds is 3. The third-order valence-electron chi connectivity index (χ3n) is 3.32. The quantitative estimate of drug-likeness (QED) is 0.741. The van der Waals surface area contributed by atoms with E-state index in [0.29, 0.717) is 11.8 Å². The maximum Gasteiger partial charge on any atom is 0.225 e. The van der Waals surface area contributed by atoms with Gasteiger partial charge < -0.3 is 10.6 Å². The molecule has 2 N–H and O–H groups in total. The minimum absolute atomic E-state index is 0.174. The van der Waals surface area contributed by atoms with Crippen LogP contribution in [0.3, 0.4) is 0 Å². The highest BCUT2D eigenvalue weighted by Crippen LogP contribution is 2.19. The summed E-state index contributed by atoms with van der Waals surface area (Å²) in [5.74, 6) is 0.954. The van der Waals surface area contributed by atoms with Crippen LogP contribution in [0.4, 0.5) is 0 Å². The number of nitrogens with zero attached hydrogens (tertiary/aromatic N) is 1. The fourth-order valence-electron chi connectivity index (χ4n) is 2.07. The second-order valence-electron chi connectivity index (χ2n) is 4.40. The van der Waals surface area contributed by atoms with Crippen molar-refractivity contribution in [3.05, 3.63) is 0 Å². The van der Waals surface area contributed by atoms with Gasteiger partial charge in [0.25, 0.3) is 0 Å². The number of hydrogen-bond donors (Lipinski definition) is 1. The molecule has 0 aromatic heterocycles. The molecule has 2 unspecified atom stereocenters. The first-order chi connectivity index (χ1) is 6.60. The molecule has 0 radical (unpaired) electrons. The summed E-state index contributed by atoms with van der Waals surface area (Å²) in [5.41, 5.74) is 5.90. The first kappa shape index (κ1) is 11.5. The standard InChI is InChI=1S/C11H22N2O/c1-4-9(5-2)11(14)13-6-8(3)10(12)7-13/h8-10H,4-7,12H2,1-3H3. The molecule has 0 aromatic rings. The zero-order chi connectivity index (χ0) is 10.7. The third kappa shape index (κ3) is 2.27. The van der Waals surface area contributed by atoms with Gasteiger partial charge in [-0.05, 0) is 18.8 Å². The van der Waals surface area contributed by atoms with Crippen molar-refractivity contribution in [1.82, 2.24) is 4.90 Å². The summed E-state index contributed by atoms with van der Waals surface area (Å²) < 4.78 is 0. The Morgan fingerprint density at radius 3 is 2.36 bits per heavy atom. The van der Waals surface area contributed by atoms with E-state index in [1.807, 2.05) is 4.90 Å². The first-order valence-corrected chi connectivity index (χ1v) is 5.64. The molecule has 0 bridgehead atoms. The van der Waals surface area contributed by atoms with E-state index in [-0.39, 0.29) is 12.0 Å².